The highest BCUT2D eigenvalue weighted by Gasteiger charge is 2.18. The number of hydrogen-bond acceptors (Lipinski definition) is 2. The second kappa shape index (κ2) is 4.62. The van der Waals surface area contributed by atoms with E-state index < -0.39 is 0 Å². The molecule has 1 aliphatic rings. The Morgan fingerprint density at radius 1 is 1.47 bits per heavy atom. The zero-order chi connectivity index (χ0) is 10.7. The first kappa shape index (κ1) is 10.4. The van der Waals surface area contributed by atoms with Crippen molar-refractivity contribution in [2.75, 3.05) is 19.8 Å². The summed E-state index contributed by atoms with van der Waals surface area (Å²) in [5, 5.41) is 0. The molecular formula is C12H15FO2. The summed E-state index contributed by atoms with van der Waals surface area (Å²) in [6.45, 7) is 4.15. The van der Waals surface area contributed by atoms with E-state index in [9.17, 15) is 4.39 Å². The van der Waals surface area contributed by atoms with Crippen LogP contribution in [0.4, 0.5) is 4.39 Å². The minimum atomic E-state index is -0.156. The van der Waals surface area contributed by atoms with Crippen molar-refractivity contribution in [3.63, 3.8) is 0 Å². The second-order valence-corrected chi connectivity index (χ2v) is 3.82. The first-order valence-corrected chi connectivity index (χ1v) is 5.28. The third-order valence-corrected chi connectivity index (χ3v) is 2.59. The summed E-state index contributed by atoms with van der Waals surface area (Å²) in [6, 6.07) is 4.91. The van der Waals surface area contributed by atoms with E-state index in [4.69, 9.17) is 9.47 Å². The van der Waals surface area contributed by atoms with Gasteiger partial charge < -0.3 is 9.47 Å². The average molecular weight is 210 g/mol. The Hall–Kier alpha value is -1.09. The van der Waals surface area contributed by atoms with Gasteiger partial charge in [-0.2, -0.15) is 0 Å². The van der Waals surface area contributed by atoms with Crippen LogP contribution in [-0.2, 0) is 11.2 Å². The van der Waals surface area contributed by atoms with Crippen LogP contribution >= 0.6 is 0 Å². The fourth-order valence-electron chi connectivity index (χ4n) is 1.51. The molecule has 2 rings (SSSR count). The first-order chi connectivity index (χ1) is 7.29. The molecule has 0 spiro atoms. The van der Waals surface area contributed by atoms with E-state index >= 15 is 0 Å². The summed E-state index contributed by atoms with van der Waals surface area (Å²) in [6.07, 6.45) is 0.690. The van der Waals surface area contributed by atoms with E-state index in [1.54, 1.807) is 12.1 Å². The average Bonchev–Trinajstić information content (AvgIpc) is 2.18. The minimum Gasteiger partial charge on any atom is -0.493 e. The monoisotopic (exact) mass is 210 g/mol. The maximum atomic E-state index is 13.2. The molecule has 15 heavy (non-hydrogen) atoms. The SMILES string of the molecule is CCc1cc(OCC2COC2)ccc1F. The van der Waals surface area contributed by atoms with E-state index in [-0.39, 0.29) is 5.82 Å². The molecule has 1 aromatic rings. The molecule has 1 aromatic carbocycles. The number of rotatable bonds is 4. The Bertz CT molecular complexity index is 334. The van der Waals surface area contributed by atoms with Crippen molar-refractivity contribution in [3.05, 3.63) is 29.6 Å². The molecular weight excluding hydrogens is 195 g/mol. The second-order valence-electron chi connectivity index (χ2n) is 3.82. The van der Waals surface area contributed by atoms with E-state index in [1.165, 1.54) is 6.07 Å². The third-order valence-electron chi connectivity index (χ3n) is 2.59. The van der Waals surface area contributed by atoms with E-state index in [2.05, 4.69) is 0 Å². The fraction of sp³-hybridized carbons (Fsp3) is 0.500. The zero-order valence-corrected chi connectivity index (χ0v) is 8.83. The summed E-state index contributed by atoms with van der Waals surface area (Å²) in [5.41, 5.74) is 0.706. The lowest BCUT2D eigenvalue weighted by Crippen LogP contribution is -2.32. The van der Waals surface area contributed by atoms with Crippen molar-refractivity contribution in [2.45, 2.75) is 13.3 Å². The third kappa shape index (κ3) is 2.48. The van der Waals surface area contributed by atoms with Crippen LogP contribution in [0.5, 0.6) is 5.75 Å². The Labute approximate surface area is 89.0 Å². The first-order valence-electron chi connectivity index (χ1n) is 5.28. The Balaban J connectivity index is 1.95. The largest absolute Gasteiger partial charge is 0.493 e. The summed E-state index contributed by atoms with van der Waals surface area (Å²) in [4.78, 5) is 0. The smallest absolute Gasteiger partial charge is 0.126 e. The number of aryl methyl sites for hydroxylation is 1. The lowest BCUT2D eigenvalue weighted by molar-refractivity contribution is -0.0508. The minimum absolute atomic E-state index is 0.156. The quantitative estimate of drug-likeness (QED) is 0.759. The molecule has 0 saturated carbocycles. The van der Waals surface area contributed by atoms with Crippen LogP contribution in [-0.4, -0.2) is 19.8 Å². The van der Waals surface area contributed by atoms with Gasteiger partial charge in [0.1, 0.15) is 11.6 Å². The summed E-state index contributed by atoms with van der Waals surface area (Å²) in [7, 11) is 0. The summed E-state index contributed by atoms with van der Waals surface area (Å²) < 4.78 is 23.8. The van der Waals surface area contributed by atoms with Crippen molar-refractivity contribution in [1.82, 2.24) is 0 Å². The molecule has 0 unspecified atom stereocenters. The van der Waals surface area contributed by atoms with Crippen molar-refractivity contribution >= 4 is 0 Å². The highest BCUT2D eigenvalue weighted by atomic mass is 19.1. The van der Waals surface area contributed by atoms with Gasteiger partial charge in [-0.1, -0.05) is 6.92 Å². The van der Waals surface area contributed by atoms with Gasteiger partial charge in [-0.3, -0.25) is 0 Å². The molecule has 0 aliphatic carbocycles. The molecule has 0 radical (unpaired) electrons. The topological polar surface area (TPSA) is 18.5 Å². The molecule has 1 heterocycles. The number of halogens is 1. The van der Waals surface area contributed by atoms with Gasteiger partial charge in [0.05, 0.1) is 19.8 Å². The summed E-state index contributed by atoms with van der Waals surface area (Å²) >= 11 is 0. The highest BCUT2D eigenvalue weighted by Crippen LogP contribution is 2.19. The summed E-state index contributed by atoms with van der Waals surface area (Å²) in [5.74, 6) is 1.09. The van der Waals surface area contributed by atoms with Crippen LogP contribution in [0.25, 0.3) is 0 Å². The molecule has 1 aliphatic heterocycles. The van der Waals surface area contributed by atoms with Crippen LogP contribution in [0, 0.1) is 11.7 Å². The lowest BCUT2D eigenvalue weighted by Gasteiger charge is -2.25. The molecule has 0 aromatic heterocycles. The molecule has 0 N–H and O–H groups in total. The van der Waals surface area contributed by atoms with Crippen LogP contribution in [0.3, 0.4) is 0 Å². The maximum absolute atomic E-state index is 13.2. The van der Waals surface area contributed by atoms with E-state index in [0.29, 0.717) is 24.5 Å². The van der Waals surface area contributed by atoms with Gasteiger partial charge >= 0.3 is 0 Å². The van der Waals surface area contributed by atoms with Crippen molar-refractivity contribution in [2.24, 2.45) is 5.92 Å². The lowest BCUT2D eigenvalue weighted by atomic mass is 10.1. The van der Waals surface area contributed by atoms with Gasteiger partial charge in [0, 0.05) is 5.92 Å². The molecule has 1 fully saturated rings. The number of ether oxygens (including phenoxy) is 2. The van der Waals surface area contributed by atoms with Crippen molar-refractivity contribution in [3.8, 4) is 5.75 Å². The molecule has 82 valence electrons. The van der Waals surface area contributed by atoms with Crippen molar-refractivity contribution in [1.29, 1.82) is 0 Å². The Morgan fingerprint density at radius 3 is 2.87 bits per heavy atom. The zero-order valence-electron chi connectivity index (χ0n) is 8.83. The van der Waals surface area contributed by atoms with Gasteiger partial charge in [-0.05, 0) is 30.2 Å². The van der Waals surface area contributed by atoms with Crippen LogP contribution in [0.1, 0.15) is 12.5 Å². The van der Waals surface area contributed by atoms with Crippen LogP contribution < -0.4 is 4.74 Å². The molecule has 0 bridgehead atoms. The van der Waals surface area contributed by atoms with Gasteiger partial charge in [-0.15, -0.1) is 0 Å². The van der Waals surface area contributed by atoms with Crippen LogP contribution in [0.15, 0.2) is 18.2 Å². The number of hydrogen-bond donors (Lipinski definition) is 0. The Kier molecular flexibility index (Phi) is 3.21. The van der Waals surface area contributed by atoms with Gasteiger partial charge in [-0.25, -0.2) is 4.39 Å². The normalized spacial score (nSPS) is 16.1. The molecule has 1 saturated heterocycles. The van der Waals surface area contributed by atoms with Crippen LogP contribution in [0.2, 0.25) is 0 Å². The maximum Gasteiger partial charge on any atom is 0.126 e. The van der Waals surface area contributed by atoms with Gasteiger partial charge in [0.15, 0.2) is 0 Å². The predicted molar refractivity (Wildman–Crippen MR) is 55.6 cm³/mol. The van der Waals surface area contributed by atoms with Crippen molar-refractivity contribution < 1.29 is 13.9 Å². The molecule has 0 amide bonds. The highest BCUT2D eigenvalue weighted by molar-refractivity contribution is 5.29. The van der Waals surface area contributed by atoms with E-state index in [0.717, 1.165) is 19.0 Å². The predicted octanol–water partition coefficient (Wildman–Crippen LogP) is 2.41. The molecule has 3 heteroatoms. The van der Waals surface area contributed by atoms with E-state index in [1.807, 2.05) is 6.92 Å². The fourth-order valence-corrected chi connectivity index (χ4v) is 1.51. The molecule has 2 nitrogen and oxygen atoms in total. The standard InChI is InChI=1S/C12H15FO2/c1-2-10-5-11(3-4-12(10)13)15-8-9-6-14-7-9/h3-5,9H,2,6-8H2,1H3. The van der Waals surface area contributed by atoms with Gasteiger partial charge in [0.2, 0.25) is 0 Å². The molecule has 0 atom stereocenters. The Morgan fingerprint density at radius 2 is 2.27 bits per heavy atom. The van der Waals surface area contributed by atoms with Gasteiger partial charge in [0.25, 0.3) is 0 Å². The number of benzene rings is 1.